The molecule has 0 saturated heterocycles. The third-order valence-electron chi connectivity index (χ3n) is 5.10. The van der Waals surface area contributed by atoms with Crippen LogP contribution in [0.15, 0.2) is 89.7 Å². The van der Waals surface area contributed by atoms with Crippen molar-refractivity contribution in [3.05, 3.63) is 101 Å². The summed E-state index contributed by atoms with van der Waals surface area (Å²) in [5.41, 5.74) is 3.71. The van der Waals surface area contributed by atoms with Crippen LogP contribution in [0.4, 0.5) is 0 Å². The number of benzene rings is 3. The summed E-state index contributed by atoms with van der Waals surface area (Å²) in [6.45, 7) is 0.321. The summed E-state index contributed by atoms with van der Waals surface area (Å²) in [7, 11) is 1.62. The summed E-state index contributed by atoms with van der Waals surface area (Å²) in [4.78, 5) is 13.4. The first kappa shape index (κ1) is 18.7. The van der Waals surface area contributed by atoms with Gasteiger partial charge in [0.1, 0.15) is 11.4 Å². The first-order valence-electron chi connectivity index (χ1n) is 9.84. The number of ether oxygens (including phenoxy) is 1. The monoisotopic (exact) mass is 409 g/mol. The van der Waals surface area contributed by atoms with Gasteiger partial charge in [-0.05, 0) is 17.7 Å². The Morgan fingerprint density at radius 1 is 0.806 bits per heavy atom. The van der Waals surface area contributed by atoms with Crippen LogP contribution in [0.3, 0.4) is 0 Å². The van der Waals surface area contributed by atoms with E-state index in [4.69, 9.17) is 4.74 Å². The molecule has 5 aromatic rings. The Bertz CT molecular complexity index is 1390. The minimum atomic E-state index is -0.267. The van der Waals surface area contributed by atoms with E-state index in [0.717, 1.165) is 22.4 Å². The first-order chi connectivity index (χ1) is 15.2. The van der Waals surface area contributed by atoms with Gasteiger partial charge in [0, 0.05) is 11.1 Å². The van der Waals surface area contributed by atoms with Crippen LogP contribution >= 0.6 is 0 Å². The highest BCUT2D eigenvalue weighted by Crippen LogP contribution is 2.29. The smallest absolute Gasteiger partial charge is 0.352 e. The van der Waals surface area contributed by atoms with E-state index < -0.39 is 0 Å². The van der Waals surface area contributed by atoms with Gasteiger partial charge in [-0.25, -0.2) is 13.9 Å². The van der Waals surface area contributed by atoms with Crippen molar-refractivity contribution in [1.82, 2.24) is 24.4 Å². The van der Waals surface area contributed by atoms with Crippen molar-refractivity contribution in [2.24, 2.45) is 0 Å². The summed E-state index contributed by atoms with van der Waals surface area (Å²) in [5.74, 6) is 1.02. The SMILES string of the molecule is COc1ccc(Cn2nc3nnc(-c4ccccc4)c(-c4ccccc4)n3c2=O)cc1. The Labute approximate surface area is 178 Å². The van der Waals surface area contributed by atoms with Crippen LogP contribution in [-0.2, 0) is 6.54 Å². The average molecular weight is 409 g/mol. The van der Waals surface area contributed by atoms with Crippen LogP contribution in [0.2, 0.25) is 0 Å². The second kappa shape index (κ2) is 7.87. The van der Waals surface area contributed by atoms with E-state index >= 15 is 0 Å². The van der Waals surface area contributed by atoms with Crippen LogP contribution in [0.1, 0.15) is 5.56 Å². The van der Waals surface area contributed by atoms with Crippen LogP contribution in [-0.4, -0.2) is 31.5 Å². The van der Waals surface area contributed by atoms with Crippen molar-refractivity contribution in [1.29, 1.82) is 0 Å². The van der Waals surface area contributed by atoms with Gasteiger partial charge in [0.15, 0.2) is 0 Å². The molecule has 0 fully saturated rings. The Hall–Kier alpha value is -4.26. The molecular formula is C24H19N5O2. The van der Waals surface area contributed by atoms with Crippen LogP contribution in [0, 0.1) is 0 Å². The van der Waals surface area contributed by atoms with Crippen LogP contribution in [0.25, 0.3) is 28.3 Å². The topological polar surface area (TPSA) is 74.3 Å². The maximum Gasteiger partial charge on any atom is 0.352 e. The summed E-state index contributed by atoms with van der Waals surface area (Å²) in [5, 5.41) is 13.1. The molecule has 2 aromatic heterocycles. The van der Waals surface area contributed by atoms with Gasteiger partial charge >= 0.3 is 5.69 Å². The van der Waals surface area contributed by atoms with E-state index in [1.165, 1.54) is 9.08 Å². The highest BCUT2D eigenvalue weighted by atomic mass is 16.5. The quantitative estimate of drug-likeness (QED) is 0.443. The Morgan fingerprint density at radius 2 is 1.45 bits per heavy atom. The van der Waals surface area contributed by atoms with Crippen molar-refractivity contribution < 1.29 is 4.74 Å². The molecule has 31 heavy (non-hydrogen) atoms. The van der Waals surface area contributed by atoms with E-state index in [0.29, 0.717) is 17.9 Å². The highest BCUT2D eigenvalue weighted by Gasteiger charge is 2.19. The van der Waals surface area contributed by atoms with Crippen molar-refractivity contribution in [3.63, 3.8) is 0 Å². The first-order valence-corrected chi connectivity index (χ1v) is 9.84. The molecule has 0 aliphatic rings. The molecule has 0 saturated carbocycles. The third kappa shape index (κ3) is 3.46. The molecule has 5 rings (SSSR count). The minimum Gasteiger partial charge on any atom is -0.497 e. The van der Waals surface area contributed by atoms with Crippen LogP contribution in [0.5, 0.6) is 5.75 Å². The fraction of sp³-hybridized carbons (Fsp3) is 0.0833. The normalized spacial score (nSPS) is 11.0. The number of fused-ring (bicyclic) bond motifs is 1. The molecule has 0 radical (unpaired) electrons. The molecule has 7 heteroatoms. The molecule has 0 N–H and O–H groups in total. The lowest BCUT2D eigenvalue weighted by atomic mass is 10.0. The molecule has 0 atom stereocenters. The van der Waals surface area contributed by atoms with Gasteiger partial charge in [-0.3, -0.25) is 0 Å². The Balaban J connectivity index is 1.70. The largest absolute Gasteiger partial charge is 0.497 e. The van der Waals surface area contributed by atoms with Gasteiger partial charge in [-0.15, -0.1) is 15.3 Å². The molecule has 0 amide bonds. The van der Waals surface area contributed by atoms with Gasteiger partial charge < -0.3 is 4.74 Å². The fourth-order valence-electron chi connectivity index (χ4n) is 3.56. The molecule has 7 nitrogen and oxygen atoms in total. The Morgan fingerprint density at radius 3 is 2.10 bits per heavy atom. The highest BCUT2D eigenvalue weighted by molar-refractivity contribution is 5.78. The summed E-state index contributed by atoms with van der Waals surface area (Å²) in [6, 6.07) is 27.0. The van der Waals surface area contributed by atoms with Gasteiger partial charge in [0.25, 0.3) is 5.78 Å². The number of hydrogen-bond donors (Lipinski definition) is 0. The number of hydrogen-bond acceptors (Lipinski definition) is 5. The average Bonchev–Trinajstić information content (AvgIpc) is 3.15. The predicted octanol–water partition coefficient (Wildman–Crippen LogP) is 3.68. The predicted molar refractivity (Wildman–Crippen MR) is 118 cm³/mol. The molecule has 0 bridgehead atoms. The molecule has 2 heterocycles. The summed E-state index contributed by atoms with van der Waals surface area (Å²) >= 11 is 0. The molecule has 0 unspecified atom stereocenters. The van der Waals surface area contributed by atoms with E-state index in [1.54, 1.807) is 7.11 Å². The molecule has 0 spiro atoms. The number of methoxy groups -OCH3 is 1. The van der Waals surface area contributed by atoms with E-state index in [9.17, 15) is 4.79 Å². The maximum atomic E-state index is 13.4. The number of rotatable bonds is 5. The zero-order valence-corrected chi connectivity index (χ0v) is 16.8. The van der Waals surface area contributed by atoms with Gasteiger partial charge in [0.05, 0.1) is 19.3 Å². The van der Waals surface area contributed by atoms with Crippen molar-refractivity contribution in [2.45, 2.75) is 6.54 Å². The standard InChI is InChI=1S/C24H19N5O2/c1-31-20-14-12-17(13-15-20)16-28-24(30)29-22(19-10-6-3-7-11-19)21(25-26-23(29)27-28)18-8-4-2-5-9-18/h2-15H,16H2,1H3. The van der Waals surface area contributed by atoms with Crippen LogP contribution < -0.4 is 10.4 Å². The second-order valence-corrected chi connectivity index (χ2v) is 7.05. The third-order valence-corrected chi connectivity index (χ3v) is 5.10. The summed E-state index contributed by atoms with van der Waals surface area (Å²) < 4.78 is 8.15. The fourth-order valence-corrected chi connectivity index (χ4v) is 3.56. The second-order valence-electron chi connectivity index (χ2n) is 7.05. The number of aromatic nitrogens is 5. The van der Waals surface area contributed by atoms with Gasteiger partial charge in [0.2, 0.25) is 0 Å². The Kier molecular flexibility index (Phi) is 4.76. The van der Waals surface area contributed by atoms with Gasteiger partial charge in [-0.2, -0.15) is 0 Å². The minimum absolute atomic E-state index is 0.261. The van der Waals surface area contributed by atoms with E-state index in [2.05, 4.69) is 15.3 Å². The molecule has 3 aromatic carbocycles. The lowest BCUT2D eigenvalue weighted by Gasteiger charge is -2.09. The van der Waals surface area contributed by atoms with E-state index in [-0.39, 0.29) is 11.5 Å². The van der Waals surface area contributed by atoms with Crippen molar-refractivity contribution in [3.8, 4) is 28.3 Å². The molecular weight excluding hydrogens is 390 g/mol. The lowest BCUT2D eigenvalue weighted by Crippen LogP contribution is -2.23. The zero-order valence-electron chi connectivity index (χ0n) is 16.8. The lowest BCUT2D eigenvalue weighted by molar-refractivity contribution is 0.414. The zero-order chi connectivity index (χ0) is 21.2. The van der Waals surface area contributed by atoms with Crippen molar-refractivity contribution in [2.75, 3.05) is 7.11 Å². The summed E-state index contributed by atoms with van der Waals surface area (Å²) in [6.07, 6.45) is 0. The molecule has 152 valence electrons. The van der Waals surface area contributed by atoms with E-state index in [1.807, 2.05) is 84.9 Å². The maximum absolute atomic E-state index is 13.4. The van der Waals surface area contributed by atoms with Crippen molar-refractivity contribution >= 4 is 5.78 Å². The number of nitrogens with zero attached hydrogens (tertiary/aromatic N) is 5. The van der Waals surface area contributed by atoms with Gasteiger partial charge in [-0.1, -0.05) is 72.8 Å². The molecule has 0 aliphatic carbocycles. The molecule has 0 aliphatic heterocycles.